The zero-order valence-corrected chi connectivity index (χ0v) is 14.7. The van der Waals surface area contributed by atoms with E-state index in [0.717, 1.165) is 31.0 Å². The van der Waals surface area contributed by atoms with E-state index in [4.69, 9.17) is 0 Å². The molecule has 5 heterocycles. The maximum absolute atomic E-state index is 13.2. The van der Waals surface area contributed by atoms with Gasteiger partial charge >= 0.3 is 0 Å². The molecule has 0 spiro atoms. The van der Waals surface area contributed by atoms with Gasteiger partial charge in [-0.3, -0.25) is 9.58 Å². The van der Waals surface area contributed by atoms with Gasteiger partial charge in [0.25, 0.3) is 6.43 Å². The fraction of sp³-hybridized carbons (Fsp3) is 0.611. The summed E-state index contributed by atoms with van der Waals surface area (Å²) in [6.07, 6.45) is 4.46. The fourth-order valence-electron chi connectivity index (χ4n) is 4.33. The smallest absolute Gasteiger partial charge is 0.282 e. The molecule has 0 amide bonds. The third-order valence-corrected chi connectivity index (χ3v) is 5.83. The lowest BCUT2D eigenvalue weighted by Crippen LogP contribution is -2.68. The summed E-state index contributed by atoms with van der Waals surface area (Å²) in [6.45, 7) is 2.33. The maximum Gasteiger partial charge on any atom is 0.282 e. The number of alkyl halides is 2. The summed E-state index contributed by atoms with van der Waals surface area (Å²) in [5.41, 5.74) is 1.71. The number of hydrogen-bond donors (Lipinski definition) is 0. The summed E-state index contributed by atoms with van der Waals surface area (Å²) < 4.78 is 27.8. The first-order chi connectivity index (χ1) is 12.6. The number of hydrogen-bond acceptors (Lipinski definition) is 5. The average molecular weight is 360 g/mol. The van der Waals surface area contributed by atoms with E-state index in [0.29, 0.717) is 30.1 Å². The van der Waals surface area contributed by atoms with Crippen LogP contribution in [0.25, 0.3) is 0 Å². The van der Waals surface area contributed by atoms with Crippen LogP contribution >= 0.6 is 0 Å². The molecule has 3 aliphatic heterocycles. The van der Waals surface area contributed by atoms with Gasteiger partial charge in [0, 0.05) is 68.2 Å². The molecule has 26 heavy (non-hydrogen) atoms. The number of piperidine rings is 1. The molecule has 6 nitrogen and oxygen atoms in total. The minimum absolute atomic E-state index is 0.0841. The summed E-state index contributed by atoms with van der Waals surface area (Å²) >= 11 is 0. The normalized spacial score (nSPS) is 25.6. The molecule has 2 aromatic rings. The topological polar surface area (TPSA) is 50.1 Å². The Morgan fingerprint density at radius 1 is 1.19 bits per heavy atom. The molecule has 6 rings (SSSR count). The largest absolute Gasteiger partial charge is 0.353 e. The molecule has 2 bridgehead atoms. The van der Waals surface area contributed by atoms with Gasteiger partial charge in [-0.2, -0.15) is 5.10 Å². The minimum atomic E-state index is -2.52. The Balaban J connectivity index is 1.28. The Labute approximate surface area is 150 Å². The zero-order chi connectivity index (χ0) is 17.8. The van der Waals surface area contributed by atoms with Crippen molar-refractivity contribution in [3.8, 4) is 0 Å². The summed E-state index contributed by atoms with van der Waals surface area (Å²) in [5.74, 6) is 1.62. The Hall–Kier alpha value is -2.09. The highest BCUT2D eigenvalue weighted by atomic mass is 19.3. The van der Waals surface area contributed by atoms with Crippen LogP contribution in [0.2, 0.25) is 0 Å². The molecule has 0 radical (unpaired) electrons. The van der Waals surface area contributed by atoms with Crippen molar-refractivity contribution in [3.05, 3.63) is 35.5 Å². The highest BCUT2D eigenvalue weighted by Crippen LogP contribution is 2.41. The van der Waals surface area contributed by atoms with E-state index in [1.807, 2.05) is 0 Å². The molecule has 2 aromatic heterocycles. The van der Waals surface area contributed by atoms with E-state index in [1.54, 1.807) is 19.6 Å². The van der Waals surface area contributed by atoms with Crippen molar-refractivity contribution in [2.24, 2.45) is 7.05 Å². The van der Waals surface area contributed by atoms with Crippen LogP contribution in [-0.2, 0) is 13.6 Å². The van der Waals surface area contributed by atoms with Gasteiger partial charge in [0.2, 0.25) is 0 Å². The first kappa shape index (κ1) is 16.1. The van der Waals surface area contributed by atoms with E-state index < -0.39 is 6.43 Å². The SMILES string of the molecule is Cn1cc(CN2C3CC2CN(c2cc(C4CC4)ncn2)C3)c(C(F)F)n1. The second kappa shape index (κ2) is 5.97. The molecule has 2 unspecified atom stereocenters. The predicted octanol–water partition coefficient (Wildman–Crippen LogP) is 2.49. The maximum atomic E-state index is 13.2. The van der Waals surface area contributed by atoms with Gasteiger partial charge < -0.3 is 4.90 Å². The monoisotopic (exact) mass is 360 g/mol. The van der Waals surface area contributed by atoms with Crippen molar-refractivity contribution >= 4 is 5.82 Å². The van der Waals surface area contributed by atoms with Crippen molar-refractivity contribution < 1.29 is 8.78 Å². The van der Waals surface area contributed by atoms with Crippen LogP contribution < -0.4 is 4.90 Å². The number of piperazine rings is 1. The third kappa shape index (κ3) is 2.76. The quantitative estimate of drug-likeness (QED) is 0.820. The number of aromatic nitrogens is 4. The Kier molecular flexibility index (Phi) is 3.70. The lowest BCUT2D eigenvalue weighted by atomic mass is 9.86. The molecule has 138 valence electrons. The standard InChI is InChI=1S/C18H22F2N6/c1-24-6-12(17(23-24)18(19)20)7-26-13-4-14(26)9-25(8-13)16-5-15(11-2-3-11)21-10-22-16/h5-6,10-11,13-14,18H,2-4,7-9H2,1H3. The van der Waals surface area contributed by atoms with Crippen LogP contribution in [0.1, 0.15) is 48.6 Å². The van der Waals surface area contributed by atoms with Crippen LogP contribution in [0.5, 0.6) is 0 Å². The minimum Gasteiger partial charge on any atom is -0.353 e. The van der Waals surface area contributed by atoms with Crippen molar-refractivity contribution in [1.82, 2.24) is 24.6 Å². The zero-order valence-electron chi connectivity index (χ0n) is 14.7. The van der Waals surface area contributed by atoms with Crippen LogP contribution in [0.3, 0.4) is 0 Å². The Morgan fingerprint density at radius 3 is 2.65 bits per heavy atom. The first-order valence-corrected chi connectivity index (χ1v) is 9.21. The molecule has 1 saturated carbocycles. The van der Waals surface area contributed by atoms with Gasteiger partial charge in [-0.15, -0.1) is 0 Å². The summed E-state index contributed by atoms with van der Waals surface area (Å²) in [6, 6.07) is 2.90. The Morgan fingerprint density at radius 2 is 1.96 bits per heavy atom. The number of nitrogens with zero attached hydrogens (tertiary/aromatic N) is 6. The van der Waals surface area contributed by atoms with Gasteiger partial charge in [0.05, 0.1) is 0 Å². The van der Waals surface area contributed by atoms with Gasteiger partial charge in [0.1, 0.15) is 17.8 Å². The molecule has 4 fully saturated rings. The number of aryl methyl sites for hydroxylation is 1. The van der Waals surface area contributed by atoms with Crippen LogP contribution in [-0.4, -0.2) is 49.8 Å². The highest BCUT2D eigenvalue weighted by molar-refractivity contribution is 5.43. The molecule has 3 saturated heterocycles. The third-order valence-electron chi connectivity index (χ3n) is 5.83. The van der Waals surface area contributed by atoms with Gasteiger partial charge in [-0.1, -0.05) is 0 Å². The summed E-state index contributed by atoms with van der Waals surface area (Å²) in [4.78, 5) is 13.5. The second-order valence-electron chi connectivity index (χ2n) is 7.71. The van der Waals surface area contributed by atoms with E-state index >= 15 is 0 Å². The van der Waals surface area contributed by atoms with Gasteiger partial charge in [-0.05, 0) is 19.3 Å². The molecule has 2 atom stereocenters. The molecule has 1 aliphatic carbocycles. The fourth-order valence-corrected chi connectivity index (χ4v) is 4.33. The molecule has 8 heteroatoms. The molecule has 0 N–H and O–H groups in total. The average Bonchev–Trinajstić information content (AvgIpc) is 3.42. The second-order valence-corrected chi connectivity index (χ2v) is 7.71. The molecular weight excluding hydrogens is 338 g/mol. The van der Waals surface area contributed by atoms with E-state index in [1.165, 1.54) is 17.5 Å². The number of fused-ring (bicyclic) bond motifs is 2. The van der Waals surface area contributed by atoms with Crippen molar-refractivity contribution in [2.75, 3.05) is 18.0 Å². The lowest BCUT2D eigenvalue weighted by molar-refractivity contribution is -0.00963. The lowest BCUT2D eigenvalue weighted by Gasteiger charge is -2.56. The first-order valence-electron chi connectivity index (χ1n) is 9.21. The van der Waals surface area contributed by atoms with E-state index in [9.17, 15) is 8.78 Å². The highest BCUT2D eigenvalue weighted by Gasteiger charge is 2.45. The van der Waals surface area contributed by atoms with Crippen LogP contribution in [0.4, 0.5) is 14.6 Å². The summed E-state index contributed by atoms with van der Waals surface area (Å²) in [5, 5.41) is 3.92. The molecular formula is C18H22F2N6. The molecule has 4 aliphatic rings. The number of halogens is 2. The van der Waals surface area contributed by atoms with Crippen LogP contribution in [0, 0.1) is 0 Å². The molecule has 0 aromatic carbocycles. The number of anilines is 1. The Bertz CT molecular complexity index is 806. The van der Waals surface area contributed by atoms with Crippen molar-refractivity contribution in [1.29, 1.82) is 0 Å². The van der Waals surface area contributed by atoms with Crippen molar-refractivity contribution in [2.45, 2.75) is 50.2 Å². The van der Waals surface area contributed by atoms with Crippen molar-refractivity contribution in [3.63, 3.8) is 0 Å². The van der Waals surface area contributed by atoms with Crippen LogP contribution in [0.15, 0.2) is 18.6 Å². The van der Waals surface area contributed by atoms with E-state index in [-0.39, 0.29) is 5.69 Å². The van der Waals surface area contributed by atoms with E-state index in [2.05, 4.69) is 30.9 Å². The van der Waals surface area contributed by atoms with Gasteiger partial charge in [0.15, 0.2) is 0 Å². The summed E-state index contributed by atoms with van der Waals surface area (Å²) in [7, 11) is 1.70. The number of rotatable bonds is 5. The predicted molar refractivity (Wildman–Crippen MR) is 92.1 cm³/mol. The van der Waals surface area contributed by atoms with Gasteiger partial charge in [-0.25, -0.2) is 18.7 Å².